The summed E-state index contributed by atoms with van der Waals surface area (Å²) in [4.78, 5) is 14.5. The maximum Gasteiger partial charge on any atom is 0.254 e. The molecule has 2 N–H and O–H groups in total. The topological polar surface area (TPSA) is 46.3 Å². The van der Waals surface area contributed by atoms with Crippen LogP contribution in [0.25, 0.3) is 0 Å². The molecule has 2 unspecified atom stereocenters. The molecule has 19 heavy (non-hydrogen) atoms. The summed E-state index contributed by atoms with van der Waals surface area (Å²) in [5, 5.41) is 0. The van der Waals surface area contributed by atoms with Crippen LogP contribution in [0.15, 0.2) is 18.2 Å². The van der Waals surface area contributed by atoms with Gasteiger partial charge in [0.05, 0.1) is 0 Å². The van der Waals surface area contributed by atoms with Crippen LogP contribution >= 0.6 is 0 Å². The van der Waals surface area contributed by atoms with Gasteiger partial charge in [0.15, 0.2) is 0 Å². The molecule has 3 nitrogen and oxygen atoms in total. The fourth-order valence-corrected chi connectivity index (χ4v) is 3.20. The van der Waals surface area contributed by atoms with E-state index in [4.69, 9.17) is 5.73 Å². The van der Waals surface area contributed by atoms with Gasteiger partial charge in [-0.2, -0.15) is 0 Å². The molecule has 2 rings (SSSR count). The van der Waals surface area contributed by atoms with Gasteiger partial charge in [0.25, 0.3) is 5.91 Å². The zero-order valence-electron chi connectivity index (χ0n) is 12.1. The first-order valence-corrected chi connectivity index (χ1v) is 7.09. The van der Waals surface area contributed by atoms with E-state index in [1.807, 2.05) is 37.9 Å². The maximum absolute atomic E-state index is 12.6. The Bertz CT molecular complexity index is 470. The number of amides is 1. The Balaban J connectivity index is 2.19. The van der Waals surface area contributed by atoms with Crippen LogP contribution in [0.2, 0.25) is 0 Å². The number of carbonyl (C=O) groups excluding carboxylic acids is 1. The SMILES string of the molecule is Cc1ccc(C(=O)N(C)C2CCCC2CN)c(C)c1. The standard InChI is InChI=1S/C16H24N2O/c1-11-7-8-14(12(2)9-11)16(19)18(3)15-6-4-5-13(15)10-17/h7-9,13,15H,4-6,10,17H2,1-3H3. The lowest BCUT2D eigenvalue weighted by atomic mass is 10.00. The van der Waals surface area contributed by atoms with Crippen molar-refractivity contribution in [1.82, 2.24) is 4.90 Å². The van der Waals surface area contributed by atoms with Crippen molar-refractivity contribution in [3.63, 3.8) is 0 Å². The van der Waals surface area contributed by atoms with Gasteiger partial charge in [0, 0.05) is 18.7 Å². The Kier molecular flexibility index (Phi) is 4.25. The summed E-state index contributed by atoms with van der Waals surface area (Å²) in [5.41, 5.74) is 8.87. The first-order chi connectivity index (χ1) is 9.04. The van der Waals surface area contributed by atoms with Gasteiger partial charge in [-0.25, -0.2) is 0 Å². The van der Waals surface area contributed by atoms with Crippen LogP contribution < -0.4 is 5.73 Å². The van der Waals surface area contributed by atoms with Crippen molar-refractivity contribution in [2.75, 3.05) is 13.6 Å². The largest absolute Gasteiger partial charge is 0.338 e. The van der Waals surface area contributed by atoms with Gasteiger partial charge < -0.3 is 10.6 Å². The molecule has 1 aliphatic rings. The number of carbonyl (C=O) groups is 1. The van der Waals surface area contributed by atoms with E-state index < -0.39 is 0 Å². The van der Waals surface area contributed by atoms with Crippen molar-refractivity contribution < 1.29 is 4.79 Å². The highest BCUT2D eigenvalue weighted by Gasteiger charge is 2.32. The minimum Gasteiger partial charge on any atom is -0.338 e. The van der Waals surface area contributed by atoms with E-state index in [1.54, 1.807) is 0 Å². The van der Waals surface area contributed by atoms with E-state index >= 15 is 0 Å². The molecule has 1 aromatic rings. The van der Waals surface area contributed by atoms with E-state index in [0.717, 1.165) is 24.0 Å². The Morgan fingerprint density at radius 1 is 1.37 bits per heavy atom. The maximum atomic E-state index is 12.6. The molecule has 2 atom stereocenters. The summed E-state index contributed by atoms with van der Waals surface area (Å²) in [6.45, 7) is 4.73. The van der Waals surface area contributed by atoms with Crippen molar-refractivity contribution in [3.05, 3.63) is 34.9 Å². The molecule has 0 spiro atoms. The highest BCUT2D eigenvalue weighted by atomic mass is 16.2. The second-order valence-corrected chi connectivity index (χ2v) is 5.73. The number of nitrogens with zero attached hydrogens (tertiary/aromatic N) is 1. The molecule has 0 saturated heterocycles. The number of hydrogen-bond acceptors (Lipinski definition) is 2. The van der Waals surface area contributed by atoms with E-state index in [-0.39, 0.29) is 5.91 Å². The molecule has 1 saturated carbocycles. The number of benzene rings is 1. The van der Waals surface area contributed by atoms with Crippen molar-refractivity contribution in [2.45, 2.75) is 39.2 Å². The molecule has 1 aliphatic carbocycles. The van der Waals surface area contributed by atoms with Crippen LogP contribution in [0.4, 0.5) is 0 Å². The average molecular weight is 260 g/mol. The van der Waals surface area contributed by atoms with Gasteiger partial charge in [0.2, 0.25) is 0 Å². The molecule has 0 bridgehead atoms. The van der Waals surface area contributed by atoms with Crippen molar-refractivity contribution in [3.8, 4) is 0 Å². The van der Waals surface area contributed by atoms with Crippen molar-refractivity contribution in [1.29, 1.82) is 0 Å². The Morgan fingerprint density at radius 2 is 2.11 bits per heavy atom. The molecule has 1 amide bonds. The summed E-state index contributed by atoms with van der Waals surface area (Å²) in [6.07, 6.45) is 3.40. The van der Waals surface area contributed by atoms with E-state index in [2.05, 4.69) is 6.07 Å². The number of nitrogens with two attached hydrogens (primary N) is 1. The van der Waals surface area contributed by atoms with Crippen LogP contribution in [0.1, 0.15) is 40.7 Å². The minimum atomic E-state index is 0.128. The summed E-state index contributed by atoms with van der Waals surface area (Å²) < 4.78 is 0. The van der Waals surface area contributed by atoms with Gasteiger partial charge in [-0.3, -0.25) is 4.79 Å². The summed E-state index contributed by atoms with van der Waals surface area (Å²) >= 11 is 0. The Hall–Kier alpha value is -1.35. The van der Waals surface area contributed by atoms with Crippen LogP contribution in [-0.2, 0) is 0 Å². The van der Waals surface area contributed by atoms with Gasteiger partial charge in [0.1, 0.15) is 0 Å². The van der Waals surface area contributed by atoms with Crippen molar-refractivity contribution in [2.24, 2.45) is 11.7 Å². The number of rotatable bonds is 3. The molecule has 3 heteroatoms. The monoisotopic (exact) mass is 260 g/mol. The molecule has 1 aromatic carbocycles. The second kappa shape index (κ2) is 5.74. The molecule has 0 aromatic heterocycles. The number of aryl methyl sites for hydroxylation is 2. The zero-order chi connectivity index (χ0) is 14.0. The Labute approximate surface area is 115 Å². The molecule has 0 heterocycles. The van der Waals surface area contributed by atoms with E-state index in [9.17, 15) is 4.79 Å². The lowest BCUT2D eigenvalue weighted by molar-refractivity contribution is 0.0699. The van der Waals surface area contributed by atoms with Gasteiger partial charge in [-0.1, -0.05) is 24.1 Å². The van der Waals surface area contributed by atoms with Crippen LogP contribution in [0.5, 0.6) is 0 Å². The zero-order valence-corrected chi connectivity index (χ0v) is 12.1. The van der Waals surface area contributed by atoms with Crippen LogP contribution in [-0.4, -0.2) is 30.4 Å². The Morgan fingerprint density at radius 3 is 2.74 bits per heavy atom. The van der Waals surface area contributed by atoms with Gasteiger partial charge in [-0.15, -0.1) is 0 Å². The third kappa shape index (κ3) is 2.81. The normalized spacial score (nSPS) is 22.5. The summed E-state index contributed by atoms with van der Waals surface area (Å²) in [6, 6.07) is 6.31. The van der Waals surface area contributed by atoms with Gasteiger partial charge >= 0.3 is 0 Å². The van der Waals surface area contributed by atoms with E-state index in [1.165, 1.54) is 12.0 Å². The van der Waals surface area contributed by atoms with Crippen molar-refractivity contribution >= 4 is 5.91 Å². The fourth-order valence-electron chi connectivity index (χ4n) is 3.20. The molecular weight excluding hydrogens is 236 g/mol. The predicted octanol–water partition coefficient (Wildman–Crippen LogP) is 2.50. The minimum absolute atomic E-state index is 0.128. The predicted molar refractivity (Wildman–Crippen MR) is 78.2 cm³/mol. The molecule has 104 valence electrons. The molecule has 0 aliphatic heterocycles. The van der Waals surface area contributed by atoms with Gasteiger partial charge in [-0.05, 0) is 50.8 Å². The average Bonchev–Trinajstić information content (AvgIpc) is 2.85. The highest BCUT2D eigenvalue weighted by molar-refractivity contribution is 5.95. The third-order valence-electron chi connectivity index (χ3n) is 4.35. The number of hydrogen-bond donors (Lipinski definition) is 1. The fraction of sp³-hybridized carbons (Fsp3) is 0.562. The summed E-state index contributed by atoms with van der Waals surface area (Å²) in [5.74, 6) is 0.586. The second-order valence-electron chi connectivity index (χ2n) is 5.73. The lowest BCUT2D eigenvalue weighted by Crippen LogP contribution is -2.41. The first-order valence-electron chi connectivity index (χ1n) is 7.09. The third-order valence-corrected chi connectivity index (χ3v) is 4.35. The van der Waals surface area contributed by atoms with Crippen LogP contribution in [0.3, 0.4) is 0 Å². The lowest BCUT2D eigenvalue weighted by Gasteiger charge is -2.29. The summed E-state index contributed by atoms with van der Waals surface area (Å²) in [7, 11) is 1.92. The quantitative estimate of drug-likeness (QED) is 0.907. The molecular formula is C16H24N2O. The van der Waals surface area contributed by atoms with Crippen LogP contribution in [0, 0.1) is 19.8 Å². The highest BCUT2D eigenvalue weighted by Crippen LogP contribution is 2.29. The van der Waals surface area contributed by atoms with E-state index in [0.29, 0.717) is 18.5 Å². The molecule has 1 fully saturated rings. The molecule has 0 radical (unpaired) electrons. The first kappa shape index (κ1) is 14.1. The smallest absolute Gasteiger partial charge is 0.254 e.